The Kier molecular flexibility index (Phi) is 4.69. The van der Waals surface area contributed by atoms with E-state index in [0.717, 1.165) is 33.7 Å². The molecule has 6 heteroatoms. The third kappa shape index (κ3) is 3.21. The maximum atomic E-state index is 13.4. The van der Waals surface area contributed by atoms with Crippen molar-refractivity contribution in [3.8, 4) is 33.2 Å². The van der Waals surface area contributed by atoms with E-state index < -0.39 is 0 Å². The molecule has 29 heavy (non-hydrogen) atoms. The number of carbonyl (C=O) groups is 1. The number of benzene rings is 1. The summed E-state index contributed by atoms with van der Waals surface area (Å²) in [6, 6.07) is 9.75. The van der Waals surface area contributed by atoms with Crippen LogP contribution in [0, 0.1) is 0 Å². The van der Waals surface area contributed by atoms with E-state index in [9.17, 15) is 9.90 Å². The van der Waals surface area contributed by atoms with E-state index in [1.54, 1.807) is 29.4 Å². The highest BCUT2D eigenvalue weighted by atomic mass is 32.1. The van der Waals surface area contributed by atoms with Gasteiger partial charge < -0.3 is 19.3 Å². The van der Waals surface area contributed by atoms with Crippen molar-refractivity contribution in [3.05, 3.63) is 47.0 Å². The van der Waals surface area contributed by atoms with Gasteiger partial charge in [-0.25, -0.2) is 0 Å². The molecule has 2 aromatic heterocycles. The van der Waals surface area contributed by atoms with E-state index in [4.69, 9.17) is 4.74 Å². The largest absolute Gasteiger partial charge is 0.504 e. The van der Waals surface area contributed by atoms with Gasteiger partial charge in [0.25, 0.3) is 5.91 Å². The molecule has 3 aromatic rings. The monoisotopic (exact) mass is 410 g/mol. The van der Waals surface area contributed by atoms with E-state index >= 15 is 0 Å². The van der Waals surface area contributed by atoms with Crippen molar-refractivity contribution in [1.82, 2.24) is 9.47 Å². The molecule has 5 nitrogen and oxygen atoms in total. The smallest absolute Gasteiger partial charge is 0.270 e. The molecule has 4 rings (SSSR count). The summed E-state index contributed by atoms with van der Waals surface area (Å²) < 4.78 is 7.40. The van der Waals surface area contributed by atoms with Crippen LogP contribution in [-0.2, 0) is 13.0 Å². The lowest BCUT2D eigenvalue weighted by Gasteiger charge is -2.32. The summed E-state index contributed by atoms with van der Waals surface area (Å²) in [5, 5.41) is 12.5. The lowest BCUT2D eigenvalue weighted by Crippen LogP contribution is -2.43. The number of phenolic OH excluding ortho intramolecular Hbond substituents is 1. The van der Waals surface area contributed by atoms with Crippen molar-refractivity contribution in [2.45, 2.75) is 39.3 Å². The summed E-state index contributed by atoms with van der Waals surface area (Å²) in [7, 11) is 3.41. The summed E-state index contributed by atoms with van der Waals surface area (Å²) in [5.41, 5.74) is 4.49. The first kappa shape index (κ1) is 19.6. The van der Waals surface area contributed by atoms with Crippen molar-refractivity contribution < 1.29 is 14.6 Å². The lowest BCUT2D eigenvalue weighted by molar-refractivity contribution is 0.0644. The maximum absolute atomic E-state index is 13.4. The van der Waals surface area contributed by atoms with Gasteiger partial charge >= 0.3 is 0 Å². The summed E-state index contributed by atoms with van der Waals surface area (Å²) in [6.45, 7) is 6.81. The number of hydrogen-bond donors (Lipinski definition) is 1. The zero-order valence-corrected chi connectivity index (χ0v) is 18.3. The molecule has 3 heterocycles. The van der Waals surface area contributed by atoms with Crippen LogP contribution in [0.3, 0.4) is 0 Å². The molecule has 0 saturated heterocycles. The number of carbonyl (C=O) groups excluding carboxylic acids is 1. The number of nitrogens with zero attached hydrogens (tertiary/aromatic N) is 2. The van der Waals surface area contributed by atoms with Gasteiger partial charge in [-0.05, 0) is 62.4 Å². The first-order valence-electron chi connectivity index (χ1n) is 9.68. The van der Waals surface area contributed by atoms with Gasteiger partial charge in [0.15, 0.2) is 11.5 Å². The number of methoxy groups -OCH3 is 1. The zero-order valence-electron chi connectivity index (χ0n) is 17.4. The van der Waals surface area contributed by atoms with Crippen LogP contribution in [-0.4, -0.2) is 40.2 Å². The predicted molar refractivity (Wildman–Crippen MR) is 117 cm³/mol. The highest BCUT2D eigenvalue weighted by Gasteiger charge is 2.31. The normalized spacial score (nSPS) is 13.0. The highest BCUT2D eigenvalue weighted by Crippen LogP contribution is 2.45. The van der Waals surface area contributed by atoms with Crippen LogP contribution in [0.1, 0.15) is 36.8 Å². The molecule has 1 aromatic carbocycles. The number of hydrogen-bond acceptors (Lipinski definition) is 4. The van der Waals surface area contributed by atoms with Gasteiger partial charge in [0.1, 0.15) is 5.69 Å². The van der Waals surface area contributed by atoms with Crippen LogP contribution in [0.2, 0.25) is 0 Å². The number of amides is 1. The van der Waals surface area contributed by atoms with Crippen LogP contribution >= 0.6 is 11.3 Å². The van der Waals surface area contributed by atoms with Gasteiger partial charge in [-0.2, -0.15) is 0 Å². The van der Waals surface area contributed by atoms with Gasteiger partial charge in [-0.1, -0.05) is 6.07 Å². The Morgan fingerprint density at radius 3 is 2.62 bits per heavy atom. The number of rotatable bonds is 3. The van der Waals surface area contributed by atoms with Crippen LogP contribution < -0.4 is 4.74 Å². The third-order valence-electron chi connectivity index (χ3n) is 5.68. The number of aromatic nitrogens is 1. The SMILES string of the molecule is COc1cc2c(cc1O)-c1c(-c3cccs3)cc(C(=O)N(C)C(C)(C)C)n1CC2. The molecule has 1 N–H and O–H groups in total. The molecule has 0 aliphatic carbocycles. The van der Waals surface area contributed by atoms with Crippen molar-refractivity contribution in [2.24, 2.45) is 0 Å². The van der Waals surface area contributed by atoms with Crippen molar-refractivity contribution in [2.75, 3.05) is 14.2 Å². The van der Waals surface area contributed by atoms with Crippen molar-refractivity contribution in [1.29, 1.82) is 0 Å². The fraction of sp³-hybridized carbons (Fsp3) is 0.348. The van der Waals surface area contributed by atoms with E-state index in [2.05, 4.69) is 10.6 Å². The lowest BCUT2D eigenvalue weighted by atomic mass is 9.95. The summed E-state index contributed by atoms with van der Waals surface area (Å²) in [5.74, 6) is 0.589. The number of aromatic hydroxyl groups is 1. The summed E-state index contributed by atoms with van der Waals surface area (Å²) in [6.07, 6.45) is 0.775. The Morgan fingerprint density at radius 1 is 1.24 bits per heavy atom. The number of phenols is 1. The van der Waals surface area contributed by atoms with Gasteiger partial charge in [-0.15, -0.1) is 11.3 Å². The molecular weight excluding hydrogens is 384 g/mol. The first-order valence-corrected chi connectivity index (χ1v) is 10.6. The van der Waals surface area contributed by atoms with E-state index in [1.165, 1.54) is 0 Å². The molecule has 0 unspecified atom stereocenters. The molecule has 0 bridgehead atoms. The van der Waals surface area contributed by atoms with E-state index in [0.29, 0.717) is 18.0 Å². The Hall–Kier alpha value is -2.73. The minimum atomic E-state index is -0.275. The fourth-order valence-electron chi connectivity index (χ4n) is 3.78. The first-order chi connectivity index (χ1) is 13.7. The molecular formula is C23H26N2O3S. The predicted octanol–water partition coefficient (Wildman–Crippen LogP) is 5.02. The van der Waals surface area contributed by atoms with E-state index in [1.807, 2.05) is 51.4 Å². The van der Waals surface area contributed by atoms with Gasteiger partial charge in [-0.3, -0.25) is 4.79 Å². The maximum Gasteiger partial charge on any atom is 0.270 e. The van der Waals surface area contributed by atoms with Crippen LogP contribution in [0.5, 0.6) is 11.5 Å². The molecule has 1 aliphatic heterocycles. The van der Waals surface area contributed by atoms with Crippen molar-refractivity contribution >= 4 is 17.2 Å². The summed E-state index contributed by atoms with van der Waals surface area (Å²) in [4.78, 5) is 16.3. The number of thiophene rings is 1. The second kappa shape index (κ2) is 6.95. The molecule has 0 saturated carbocycles. The van der Waals surface area contributed by atoms with Crippen LogP contribution in [0.4, 0.5) is 0 Å². The fourth-order valence-corrected chi connectivity index (χ4v) is 4.52. The zero-order chi connectivity index (χ0) is 20.9. The second-order valence-corrected chi connectivity index (χ2v) is 9.33. The van der Waals surface area contributed by atoms with E-state index in [-0.39, 0.29) is 17.2 Å². The molecule has 0 fully saturated rings. The number of aryl methyl sites for hydroxylation is 1. The summed E-state index contributed by atoms with van der Waals surface area (Å²) >= 11 is 1.65. The molecule has 152 valence electrons. The van der Waals surface area contributed by atoms with Gasteiger partial charge in [0.2, 0.25) is 0 Å². The average molecular weight is 411 g/mol. The van der Waals surface area contributed by atoms with Gasteiger partial charge in [0, 0.05) is 35.1 Å². The number of fused-ring (bicyclic) bond motifs is 3. The Labute approximate surface area is 175 Å². The average Bonchev–Trinajstić information content (AvgIpc) is 3.33. The molecule has 0 radical (unpaired) electrons. The Morgan fingerprint density at radius 2 is 2.00 bits per heavy atom. The minimum Gasteiger partial charge on any atom is -0.504 e. The van der Waals surface area contributed by atoms with Crippen LogP contribution in [0.15, 0.2) is 35.7 Å². The molecule has 1 aliphatic rings. The molecule has 1 amide bonds. The minimum absolute atomic E-state index is 0.00254. The van der Waals surface area contributed by atoms with Crippen molar-refractivity contribution in [3.63, 3.8) is 0 Å². The Balaban J connectivity index is 1.95. The van der Waals surface area contributed by atoms with Gasteiger partial charge in [0.05, 0.1) is 12.8 Å². The van der Waals surface area contributed by atoms with Crippen LogP contribution in [0.25, 0.3) is 21.7 Å². The molecule has 0 atom stereocenters. The second-order valence-electron chi connectivity index (χ2n) is 8.39. The standard InChI is InChI=1S/C23H26N2O3S/c1-23(2,3)24(4)22(27)17-12-16(20-7-6-10-29-20)21-15-13-18(26)19(28-5)11-14(15)8-9-25(17)21/h6-7,10-13,26H,8-9H2,1-5H3. The topological polar surface area (TPSA) is 54.7 Å². The quantitative estimate of drug-likeness (QED) is 0.659. The number of ether oxygens (including phenoxy) is 1. The third-order valence-corrected chi connectivity index (χ3v) is 6.58. The molecule has 0 spiro atoms. The highest BCUT2D eigenvalue weighted by molar-refractivity contribution is 7.13. The Bertz CT molecular complexity index is 1070.